The topological polar surface area (TPSA) is 62.6 Å². The molecule has 0 bridgehead atoms. The number of rotatable bonds is 3. The van der Waals surface area contributed by atoms with Gasteiger partial charge in [0.05, 0.1) is 10.8 Å². The number of hydrogen-bond donors (Lipinski definition) is 0. The number of carbonyl (C=O) groups is 1. The minimum Gasteiger partial charge on any atom is -0.351 e. The normalized spacial score (nSPS) is 22.3. The van der Waals surface area contributed by atoms with Crippen LogP contribution in [0.2, 0.25) is 0 Å². The Morgan fingerprint density at radius 1 is 1.00 bits per heavy atom. The molecule has 2 fully saturated rings. The molecule has 4 rings (SSSR count). The molecule has 0 unspecified atom stereocenters. The Balaban J connectivity index is 1.53. The van der Waals surface area contributed by atoms with E-state index in [9.17, 15) is 13.2 Å². The summed E-state index contributed by atoms with van der Waals surface area (Å²) in [6.45, 7) is 2.41. The lowest BCUT2D eigenvalue weighted by Gasteiger charge is -2.34. The fraction of sp³-hybridized carbons (Fsp3) is 0.571. The van der Waals surface area contributed by atoms with Crippen LogP contribution in [0.25, 0.3) is 10.9 Å². The second-order valence-electron chi connectivity index (χ2n) is 8.09. The molecule has 152 valence electrons. The fourth-order valence-electron chi connectivity index (χ4n) is 4.48. The lowest BCUT2D eigenvalue weighted by Crippen LogP contribution is -2.46. The lowest BCUT2D eigenvalue weighted by atomic mass is 9.98. The predicted octanol–water partition coefficient (Wildman–Crippen LogP) is 2.98. The van der Waals surface area contributed by atoms with Crippen LogP contribution in [-0.2, 0) is 21.9 Å². The number of amides is 1. The monoisotopic (exact) mass is 403 g/mol. The molecule has 2 aromatic rings. The zero-order valence-electron chi connectivity index (χ0n) is 16.5. The van der Waals surface area contributed by atoms with Crippen molar-refractivity contribution in [3.05, 3.63) is 30.5 Å². The summed E-state index contributed by atoms with van der Waals surface area (Å²) in [4.78, 5) is 15.3. The molecule has 1 amide bonds. The number of nitrogens with zero attached hydrogens (tertiary/aromatic N) is 3. The van der Waals surface area contributed by atoms with Crippen molar-refractivity contribution in [2.75, 3.05) is 26.2 Å². The number of fused-ring (bicyclic) bond motifs is 1. The second-order valence-corrected chi connectivity index (χ2v) is 10.0. The first-order chi connectivity index (χ1) is 13.5. The van der Waals surface area contributed by atoms with Crippen molar-refractivity contribution < 1.29 is 13.2 Å². The van der Waals surface area contributed by atoms with E-state index >= 15 is 0 Å². The quantitative estimate of drug-likeness (QED) is 0.791. The van der Waals surface area contributed by atoms with Crippen molar-refractivity contribution >= 4 is 26.8 Å². The number of hydrogen-bond acceptors (Lipinski definition) is 3. The van der Waals surface area contributed by atoms with Gasteiger partial charge in [0.1, 0.15) is 0 Å². The first kappa shape index (κ1) is 19.5. The van der Waals surface area contributed by atoms with Gasteiger partial charge in [-0.2, -0.15) is 4.31 Å². The summed E-state index contributed by atoms with van der Waals surface area (Å²) in [6, 6.07) is 7.20. The van der Waals surface area contributed by atoms with Gasteiger partial charge in [-0.25, -0.2) is 8.42 Å². The van der Waals surface area contributed by atoms with Crippen molar-refractivity contribution in [1.29, 1.82) is 0 Å². The molecular formula is C21H29N3O3S. The molecule has 2 aliphatic heterocycles. The van der Waals surface area contributed by atoms with Crippen molar-refractivity contribution in [2.45, 2.75) is 43.4 Å². The van der Waals surface area contributed by atoms with Crippen molar-refractivity contribution in [2.24, 2.45) is 13.0 Å². The van der Waals surface area contributed by atoms with E-state index in [0.717, 1.165) is 49.7 Å². The summed E-state index contributed by atoms with van der Waals surface area (Å²) in [5, 5.41) is 0.915. The SMILES string of the molecule is Cn1ccc2cc(S(=O)(=O)N3CCC[C@H](C(=O)N4CCCCCC4)C3)ccc21. The number of benzene rings is 1. The molecule has 0 saturated carbocycles. The minimum atomic E-state index is -3.60. The zero-order chi connectivity index (χ0) is 19.7. The van der Waals surface area contributed by atoms with E-state index in [0.29, 0.717) is 18.0 Å². The van der Waals surface area contributed by atoms with Crippen LogP contribution in [0.5, 0.6) is 0 Å². The smallest absolute Gasteiger partial charge is 0.243 e. The Bertz CT molecular complexity index is 958. The molecule has 28 heavy (non-hydrogen) atoms. The van der Waals surface area contributed by atoms with Gasteiger partial charge in [0, 0.05) is 50.3 Å². The van der Waals surface area contributed by atoms with Gasteiger partial charge in [-0.15, -0.1) is 0 Å². The van der Waals surface area contributed by atoms with Gasteiger partial charge in [0.15, 0.2) is 0 Å². The maximum atomic E-state index is 13.2. The zero-order valence-corrected chi connectivity index (χ0v) is 17.3. The Kier molecular flexibility index (Phi) is 5.47. The molecule has 2 aliphatic rings. The molecule has 1 atom stereocenters. The van der Waals surface area contributed by atoms with Crippen molar-refractivity contribution in [3.8, 4) is 0 Å². The Hall–Kier alpha value is -1.86. The van der Waals surface area contributed by atoms with Crippen LogP contribution in [0.1, 0.15) is 38.5 Å². The average Bonchev–Trinajstić information content (AvgIpc) is 2.91. The molecule has 7 heteroatoms. The first-order valence-electron chi connectivity index (χ1n) is 10.3. The molecule has 0 spiro atoms. The van der Waals surface area contributed by atoms with Gasteiger partial charge in [0.2, 0.25) is 15.9 Å². The minimum absolute atomic E-state index is 0.139. The number of carbonyl (C=O) groups excluding carboxylic acids is 1. The molecular weight excluding hydrogens is 374 g/mol. The van der Waals surface area contributed by atoms with E-state index in [2.05, 4.69) is 0 Å². The van der Waals surface area contributed by atoms with Crippen molar-refractivity contribution in [3.63, 3.8) is 0 Å². The lowest BCUT2D eigenvalue weighted by molar-refractivity contribution is -0.136. The van der Waals surface area contributed by atoms with E-state index in [1.165, 1.54) is 17.1 Å². The van der Waals surface area contributed by atoms with E-state index in [4.69, 9.17) is 0 Å². The number of aromatic nitrogens is 1. The van der Waals surface area contributed by atoms with Crippen LogP contribution in [-0.4, -0.2) is 54.3 Å². The largest absolute Gasteiger partial charge is 0.351 e. The van der Waals surface area contributed by atoms with Gasteiger partial charge >= 0.3 is 0 Å². The third kappa shape index (κ3) is 3.70. The van der Waals surface area contributed by atoms with Crippen LogP contribution in [0, 0.1) is 5.92 Å². The number of likely N-dealkylation sites (tertiary alicyclic amines) is 1. The molecule has 0 N–H and O–H groups in total. The van der Waals surface area contributed by atoms with E-state index in [1.807, 2.05) is 34.8 Å². The first-order valence-corrected chi connectivity index (χ1v) is 11.7. The highest BCUT2D eigenvalue weighted by atomic mass is 32.2. The third-order valence-corrected chi connectivity index (χ3v) is 8.01. The molecule has 0 radical (unpaired) electrons. The highest BCUT2D eigenvalue weighted by Crippen LogP contribution is 2.28. The molecule has 0 aliphatic carbocycles. The Labute approximate surface area is 167 Å². The van der Waals surface area contributed by atoms with E-state index in [-0.39, 0.29) is 11.8 Å². The summed E-state index contributed by atoms with van der Waals surface area (Å²) >= 11 is 0. The van der Waals surface area contributed by atoms with Crippen LogP contribution in [0.3, 0.4) is 0 Å². The summed E-state index contributed by atoms with van der Waals surface area (Å²) in [5.41, 5.74) is 1.01. The number of piperidine rings is 1. The summed E-state index contributed by atoms with van der Waals surface area (Å²) < 4.78 is 30.0. The molecule has 2 saturated heterocycles. The average molecular weight is 404 g/mol. The third-order valence-electron chi connectivity index (χ3n) is 6.15. The highest BCUT2D eigenvalue weighted by Gasteiger charge is 2.35. The number of aryl methyl sites for hydroxylation is 1. The molecule has 1 aromatic heterocycles. The van der Waals surface area contributed by atoms with Crippen LogP contribution in [0.15, 0.2) is 35.4 Å². The molecule has 1 aromatic carbocycles. The maximum Gasteiger partial charge on any atom is 0.243 e. The van der Waals surface area contributed by atoms with E-state index in [1.54, 1.807) is 12.1 Å². The van der Waals surface area contributed by atoms with Gasteiger partial charge in [-0.3, -0.25) is 4.79 Å². The van der Waals surface area contributed by atoms with Crippen LogP contribution < -0.4 is 0 Å². The Morgan fingerprint density at radius 2 is 1.75 bits per heavy atom. The van der Waals surface area contributed by atoms with Crippen LogP contribution in [0.4, 0.5) is 0 Å². The van der Waals surface area contributed by atoms with Gasteiger partial charge in [-0.05, 0) is 49.9 Å². The second kappa shape index (κ2) is 7.87. The molecule has 3 heterocycles. The highest BCUT2D eigenvalue weighted by molar-refractivity contribution is 7.89. The van der Waals surface area contributed by atoms with Gasteiger partial charge in [0.25, 0.3) is 0 Å². The van der Waals surface area contributed by atoms with Crippen molar-refractivity contribution in [1.82, 2.24) is 13.8 Å². The van der Waals surface area contributed by atoms with Crippen LogP contribution >= 0.6 is 0 Å². The summed E-state index contributed by atoms with van der Waals surface area (Å²) in [6.07, 6.45) is 7.90. The van der Waals surface area contributed by atoms with E-state index < -0.39 is 10.0 Å². The summed E-state index contributed by atoms with van der Waals surface area (Å²) in [7, 11) is -1.65. The number of sulfonamides is 1. The summed E-state index contributed by atoms with van der Waals surface area (Å²) in [5.74, 6) is -0.0811. The maximum absolute atomic E-state index is 13.2. The van der Waals surface area contributed by atoms with Gasteiger partial charge in [-0.1, -0.05) is 12.8 Å². The predicted molar refractivity (Wildman–Crippen MR) is 109 cm³/mol. The standard InChI is InChI=1S/C21H29N3O3S/c1-22-14-10-17-15-19(8-9-20(17)22)28(26,27)24-13-6-7-18(16-24)21(25)23-11-4-2-3-5-12-23/h8-10,14-15,18H,2-7,11-13,16H2,1H3/t18-/m0/s1. The fourth-order valence-corrected chi connectivity index (χ4v) is 6.04. The van der Waals surface area contributed by atoms with Gasteiger partial charge < -0.3 is 9.47 Å². The molecule has 6 nitrogen and oxygen atoms in total. The Morgan fingerprint density at radius 3 is 2.50 bits per heavy atom.